The van der Waals surface area contributed by atoms with Crippen LogP contribution in [0.4, 0.5) is 0 Å². The first-order chi connectivity index (χ1) is 4.19. The van der Waals surface area contributed by atoms with Crippen LogP contribution in [0.5, 0.6) is 0 Å². The molecule has 0 saturated heterocycles. The molecule has 0 aromatic heterocycles. The lowest BCUT2D eigenvalue weighted by Gasteiger charge is -2.15. The van der Waals surface area contributed by atoms with Gasteiger partial charge in [0.15, 0.2) is 0 Å². The molecule has 1 rings (SSSR count). The van der Waals surface area contributed by atoms with Crippen LogP contribution in [0.2, 0.25) is 0 Å². The Morgan fingerprint density at radius 1 is 1.67 bits per heavy atom. The average molecular weight is 130 g/mol. The van der Waals surface area contributed by atoms with Gasteiger partial charge in [0.05, 0.1) is 12.7 Å². The third-order valence-electron chi connectivity index (χ3n) is 2.17. The predicted molar refractivity (Wildman–Crippen MR) is 35.2 cm³/mol. The minimum absolute atomic E-state index is 0.190. The van der Waals surface area contributed by atoms with Crippen LogP contribution in [0, 0.1) is 5.41 Å². The second-order valence-electron chi connectivity index (χ2n) is 3.13. The maximum Gasteiger partial charge on any atom is 0.0826 e. The van der Waals surface area contributed by atoms with Crippen molar-refractivity contribution in [3.05, 3.63) is 0 Å². The highest BCUT2D eigenvalue weighted by molar-refractivity contribution is 4.94. The molecule has 0 radical (unpaired) electrons. The monoisotopic (exact) mass is 130 g/mol. The van der Waals surface area contributed by atoms with Crippen LogP contribution in [-0.2, 0) is 4.74 Å². The van der Waals surface area contributed by atoms with Crippen molar-refractivity contribution in [2.24, 2.45) is 5.41 Å². The molecule has 0 heterocycles. The Labute approximate surface area is 55.8 Å². The number of aliphatic hydroxyl groups excluding tert-OH is 1. The van der Waals surface area contributed by atoms with E-state index < -0.39 is 0 Å². The Balaban J connectivity index is 2.24. The molecule has 54 valence electrons. The minimum atomic E-state index is -0.248. The van der Waals surface area contributed by atoms with E-state index in [1.807, 2.05) is 0 Å². The molecule has 1 unspecified atom stereocenters. The molecular formula is C7H14O2. The van der Waals surface area contributed by atoms with E-state index in [1.165, 1.54) is 0 Å². The highest BCUT2D eigenvalue weighted by Crippen LogP contribution is 2.47. The van der Waals surface area contributed by atoms with E-state index in [1.54, 1.807) is 7.11 Å². The summed E-state index contributed by atoms with van der Waals surface area (Å²) >= 11 is 0. The Kier molecular flexibility index (Phi) is 1.78. The van der Waals surface area contributed by atoms with Gasteiger partial charge in [-0.05, 0) is 18.3 Å². The van der Waals surface area contributed by atoms with Gasteiger partial charge in [0.1, 0.15) is 0 Å². The van der Waals surface area contributed by atoms with Crippen molar-refractivity contribution >= 4 is 0 Å². The average Bonchev–Trinajstić information content (AvgIpc) is 2.50. The van der Waals surface area contributed by atoms with E-state index in [0.29, 0.717) is 6.61 Å². The topological polar surface area (TPSA) is 29.5 Å². The highest BCUT2D eigenvalue weighted by atomic mass is 16.5. The van der Waals surface area contributed by atoms with Gasteiger partial charge in [0.25, 0.3) is 0 Å². The van der Waals surface area contributed by atoms with Crippen molar-refractivity contribution in [1.29, 1.82) is 0 Å². The van der Waals surface area contributed by atoms with Crippen molar-refractivity contribution < 1.29 is 9.84 Å². The second-order valence-corrected chi connectivity index (χ2v) is 3.13. The molecule has 1 saturated carbocycles. The van der Waals surface area contributed by atoms with Crippen molar-refractivity contribution in [3.8, 4) is 0 Å². The summed E-state index contributed by atoms with van der Waals surface area (Å²) in [5.41, 5.74) is 0.190. The van der Waals surface area contributed by atoms with Gasteiger partial charge in [-0.3, -0.25) is 0 Å². The first-order valence-electron chi connectivity index (χ1n) is 3.36. The highest BCUT2D eigenvalue weighted by Gasteiger charge is 2.43. The van der Waals surface area contributed by atoms with E-state index in [4.69, 9.17) is 4.74 Å². The molecule has 0 spiro atoms. The Morgan fingerprint density at radius 2 is 2.22 bits per heavy atom. The molecule has 9 heavy (non-hydrogen) atoms. The third kappa shape index (κ3) is 1.43. The number of hydrogen-bond acceptors (Lipinski definition) is 2. The van der Waals surface area contributed by atoms with Gasteiger partial charge >= 0.3 is 0 Å². The van der Waals surface area contributed by atoms with Crippen molar-refractivity contribution in [1.82, 2.24) is 0 Å². The lowest BCUT2D eigenvalue weighted by atomic mass is 10.0. The van der Waals surface area contributed by atoms with Gasteiger partial charge in [-0.2, -0.15) is 0 Å². The third-order valence-corrected chi connectivity index (χ3v) is 2.17. The smallest absolute Gasteiger partial charge is 0.0826 e. The lowest BCUT2D eigenvalue weighted by Crippen LogP contribution is -2.23. The first-order valence-corrected chi connectivity index (χ1v) is 3.36. The molecule has 1 N–H and O–H groups in total. The predicted octanol–water partition coefficient (Wildman–Crippen LogP) is 0.794. The molecule has 0 amide bonds. The first kappa shape index (κ1) is 7.03. The molecule has 1 aliphatic carbocycles. The summed E-state index contributed by atoms with van der Waals surface area (Å²) in [5.74, 6) is 0. The van der Waals surface area contributed by atoms with E-state index in [9.17, 15) is 5.11 Å². The van der Waals surface area contributed by atoms with Crippen molar-refractivity contribution in [2.45, 2.75) is 25.9 Å². The number of rotatable bonds is 3. The fraction of sp³-hybridized carbons (Fsp3) is 1.00. The van der Waals surface area contributed by atoms with Gasteiger partial charge in [-0.25, -0.2) is 0 Å². The van der Waals surface area contributed by atoms with Gasteiger partial charge in [0, 0.05) is 7.11 Å². The van der Waals surface area contributed by atoms with Crippen molar-refractivity contribution in [3.63, 3.8) is 0 Å². The van der Waals surface area contributed by atoms with Gasteiger partial charge in [0.2, 0.25) is 0 Å². The summed E-state index contributed by atoms with van der Waals surface area (Å²) in [7, 11) is 1.62. The molecule has 2 heteroatoms. The molecule has 0 aromatic rings. The van der Waals surface area contributed by atoms with Gasteiger partial charge in [-0.1, -0.05) is 6.92 Å². The standard InChI is InChI=1S/C7H14O2/c1-7(3-4-7)6(8)5-9-2/h6,8H,3-5H2,1-2H3. The largest absolute Gasteiger partial charge is 0.390 e. The number of aliphatic hydroxyl groups is 1. The Morgan fingerprint density at radius 3 is 2.56 bits per heavy atom. The summed E-state index contributed by atoms with van der Waals surface area (Å²) in [4.78, 5) is 0. The normalized spacial score (nSPS) is 25.7. The molecule has 0 aromatic carbocycles. The second kappa shape index (κ2) is 2.27. The van der Waals surface area contributed by atoms with E-state index in [0.717, 1.165) is 12.8 Å². The van der Waals surface area contributed by atoms with Gasteiger partial charge in [-0.15, -0.1) is 0 Å². The maximum absolute atomic E-state index is 9.32. The zero-order valence-electron chi connectivity index (χ0n) is 6.05. The maximum atomic E-state index is 9.32. The summed E-state index contributed by atoms with van der Waals surface area (Å²) in [6.07, 6.45) is 2.05. The van der Waals surface area contributed by atoms with Crippen LogP contribution in [0.15, 0.2) is 0 Å². The van der Waals surface area contributed by atoms with Gasteiger partial charge < -0.3 is 9.84 Å². The molecule has 1 fully saturated rings. The summed E-state index contributed by atoms with van der Waals surface area (Å²) in [6.45, 7) is 2.58. The van der Waals surface area contributed by atoms with Crippen LogP contribution < -0.4 is 0 Å². The van der Waals surface area contributed by atoms with E-state index in [2.05, 4.69) is 6.92 Å². The molecule has 1 atom stereocenters. The Hall–Kier alpha value is -0.0800. The fourth-order valence-electron chi connectivity index (χ4n) is 0.889. The van der Waals surface area contributed by atoms with Crippen molar-refractivity contribution in [2.75, 3.05) is 13.7 Å². The lowest BCUT2D eigenvalue weighted by molar-refractivity contribution is 0.0213. The van der Waals surface area contributed by atoms with Crippen LogP contribution in [0.1, 0.15) is 19.8 Å². The number of methoxy groups -OCH3 is 1. The number of hydrogen-bond donors (Lipinski definition) is 1. The minimum Gasteiger partial charge on any atom is -0.390 e. The van der Waals surface area contributed by atoms with Crippen LogP contribution in [0.25, 0.3) is 0 Å². The fourth-order valence-corrected chi connectivity index (χ4v) is 0.889. The zero-order valence-corrected chi connectivity index (χ0v) is 6.05. The van der Waals surface area contributed by atoms with E-state index in [-0.39, 0.29) is 11.5 Å². The Bertz CT molecular complexity index is 97.1. The molecule has 2 nitrogen and oxygen atoms in total. The molecule has 0 aliphatic heterocycles. The van der Waals surface area contributed by atoms with Crippen LogP contribution in [-0.4, -0.2) is 24.9 Å². The van der Waals surface area contributed by atoms with Crippen LogP contribution in [0.3, 0.4) is 0 Å². The zero-order chi connectivity index (χ0) is 6.91. The SMILES string of the molecule is COCC(O)C1(C)CC1. The quantitative estimate of drug-likeness (QED) is 0.612. The number of ether oxygens (including phenoxy) is 1. The summed E-state index contributed by atoms with van der Waals surface area (Å²) in [6, 6.07) is 0. The summed E-state index contributed by atoms with van der Waals surface area (Å²) < 4.78 is 4.82. The van der Waals surface area contributed by atoms with E-state index >= 15 is 0 Å². The molecule has 1 aliphatic rings. The summed E-state index contributed by atoms with van der Waals surface area (Å²) in [5, 5.41) is 9.32. The van der Waals surface area contributed by atoms with Crippen LogP contribution >= 0.6 is 0 Å². The molecular weight excluding hydrogens is 116 g/mol. The molecule has 0 bridgehead atoms.